The molecule has 22 heavy (non-hydrogen) atoms. The van der Waals surface area contributed by atoms with E-state index in [0.717, 1.165) is 17.7 Å². The van der Waals surface area contributed by atoms with E-state index >= 15 is 0 Å². The molecule has 1 aromatic carbocycles. The third-order valence-electron chi connectivity index (χ3n) is 4.77. The third-order valence-corrected chi connectivity index (χ3v) is 7.65. The lowest BCUT2D eigenvalue weighted by Crippen LogP contribution is -2.45. The number of nitrogens with zero attached hydrogens (tertiary/aromatic N) is 2. The van der Waals surface area contributed by atoms with Gasteiger partial charge in [0.05, 0.1) is 4.90 Å². The van der Waals surface area contributed by atoms with Crippen molar-refractivity contribution in [1.29, 1.82) is 0 Å². The molecule has 0 saturated carbocycles. The fraction of sp³-hybridized carbons (Fsp3) is 0.625. The van der Waals surface area contributed by atoms with Crippen molar-refractivity contribution < 1.29 is 8.42 Å². The Hall–Kier alpha value is -0.560. The predicted molar refractivity (Wildman–Crippen MR) is 90.8 cm³/mol. The summed E-state index contributed by atoms with van der Waals surface area (Å²) in [5, 5.41) is 0. The van der Waals surface area contributed by atoms with Gasteiger partial charge in [0.25, 0.3) is 0 Å². The van der Waals surface area contributed by atoms with Gasteiger partial charge >= 0.3 is 0 Å². The molecule has 0 bridgehead atoms. The van der Waals surface area contributed by atoms with E-state index in [2.05, 4.69) is 4.90 Å². The van der Waals surface area contributed by atoms with Crippen LogP contribution in [0.3, 0.4) is 0 Å². The highest BCUT2D eigenvalue weighted by molar-refractivity contribution is 7.99. The molecular formula is C16H24N2O2S2. The molecule has 0 aliphatic carbocycles. The second kappa shape index (κ2) is 6.91. The number of thioether (sulfide) groups is 1. The highest BCUT2D eigenvalue weighted by Crippen LogP contribution is 2.30. The van der Waals surface area contributed by atoms with Crippen LogP contribution in [0.2, 0.25) is 0 Å². The van der Waals surface area contributed by atoms with Crippen LogP contribution in [0.1, 0.15) is 25.7 Å². The molecule has 0 amide bonds. The van der Waals surface area contributed by atoms with Crippen LogP contribution in [0.15, 0.2) is 34.1 Å². The van der Waals surface area contributed by atoms with Gasteiger partial charge in [-0.05, 0) is 57.2 Å². The Morgan fingerprint density at radius 3 is 2.32 bits per heavy atom. The zero-order valence-electron chi connectivity index (χ0n) is 13.1. The first-order valence-corrected chi connectivity index (χ1v) is 10.7. The van der Waals surface area contributed by atoms with Crippen LogP contribution in [-0.2, 0) is 10.0 Å². The minimum absolute atomic E-state index is 0.460. The van der Waals surface area contributed by atoms with Gasteiger partial charge in [0.15, 0.2) is 0 Å². The standard InChI is InChI=1S/C16H24N2O2S2/c1-21-15-6-2-3-7-16(15)22(19,20)18-12-8-14(9-13-18)17-10-4-5-11-17/h2-3,6-7,14H,4-5,8-13H2,1H3. The van der Waals surface area contributed by atoms with Crippen LogP contribution >= 0.6 is 11.8 Å². The van der Waals surface area contributed by atoms with Crippen molar-refractivity contribution in [2.24, 2.45) is 0 Å². The minimum atomic E-state index is -3.36. The Balaban J connectivity index is 1.71. The van der Waals surface area contributed by atoms with Gasteiger partial charge in [0.2, 0.25) is 10.0 Å². The summed E-state index contributed by atoms with van der Waals surface area (Å²) >= 11 is 1.49. The van der Waals surface area contributed by atoms with Gasteiger partial charge in [-0.3, -0.25) is 0 Å². The molecule has 0 aromatic heterocycles. The molecule has 0 atom stereocenters. The van der Waals surface area contributed by atoms with Gasteiger partial charge in [-0.2, -0.15) is 4.31 Å². The maximum absolute atomic E-state index is 12.9. The fourth-order valence-electron chi connectivity index (χ4n) is 3.53. The summed E-state index contributed by atoms with van der Waals surface area (Å²) in [4.78, 5) is 3.84. The lowest BCUT2D eigenvalue weighted by atomic mass is 10.1. The van der Waals surface area contributed by atoms with E-state index in [1.807, 2.05) is 24.5 Å². The summed E-state index contributed by atoms with van der Waals surface area (Å²) < 4.78 is 27.5. The zero-order chi connectivity index (χ0) is 15.6. The molecule has 0 radical (unpaired) electrons. The van der Waals surface area contributed by atoms with E-state index in [0.29, 0.717) is 24.0 Å². The quantitative estimate of drug-likeness (QED) is 0.790. The number of likely N-dealkylation sites (tertiary alicyclic amines) is 1. The molecule has 2 heterocycles. The van der Waals surface area contributed by atoms with E-state index < -0.39 is 10.0 Å². The van der Waals surface area contributed by atoms with Gasteiger partial charge in [-0.25, -0.2) is 8.42 Å². The lowest BCUT2D eigenvalue weighted by Gasteiger charge is -2.36. The molecule has 2 fully saturated rings. The van der Waals surface area contributed by atoms with Crippen LogP contribution in [0, 0.1) is 0 Å². The molecule has 0 spiro atoms. The zero-order valence-corrected chi connectivity index (χ0v) is 14.7. The Labute approximate surface area is 137 Å². The van der Waals surface area contributed by atoms with Gasteiger partial charge in [0.1, 0.15) is 0 Å². The molecule has 0 N–H and O–H groups in total. The second-order valence-electron chi connectivity index (χ2n) is 6.03. The van der Waals surface area contributed by atoms with Gasteiger partial charge < -0.3 is 4.90 Å². The maximum atomic E-state index is 12.9. The average Bonchev–Trinajstić information content (AvgIpc) is 3.09. The van der Waals surface area contributed by atoms with E-state index in [1.165, 1.54) is 37.7 Å². The van der Waals surface area contributed by atoms with Gasteiger partial charge in [0, 0.05) is 24.0 Å². The summed E-state index contributed by atoms with van der Waals surface area (Å²) in [6, 6.07) is 7.89. The molecule has 122 valence electrons. The minimum Gasteiger partial charge on any atom is -0.300 e. The van der Waals surface area contributed by atoms with Crippen molar-refractivity contribution in [2.75, 3.05) is 32.4 Å². The van der Waals surface area contributed by atoms with Crippen molar-refractivity contribution in [2.45, 2.75) is 41.5 Å². The van der Waals surface area contributed by atoms with Crippen molar-refractivity contribution >= 4 is 21.8 Å². The molecule has 1 aromatic rings. The SMILES string of the molecule is CSc1ccccc1S(=O)(=O)N1CCC(N2CCCC2)CC1. The van der Waals surface area contributed by atoms with Gasteiger partial charge in [-0.1, -0.05) is 12.1 Å². The van der Waals surface area contributed by atoms with Crippen molar-refractivity contribution in [3.8, 4) is 0 Å². The first-order valence-electron chi connectivity index (χ1n) is 8.00. The van der Waals surface area contributed by atoms with E-state index in [1.54, 1.807) is 10.4 Å². The largest absolute Gasteiger partial charge is 0.300 e. The number of hydrogen-bond acceptors (Lipinski definition) is 4. The number of piperidine rings is 1. The van der Waals surface area contributed by atoms with Crippen molar-refractivity contribution in [1.82, 2.24) is 9.21 Å². The number of benzene rings is 1. The predicted octanol–water partition coefficient (Wildman–Crippen LogP) is 2.66. The molecule has 6 heteroatoms. The summed E-state index contributed by atoms with van der Waals surface area (Å²) in [5.41, 5.74) is 0. The summed E-state index contributed by atoms with van der Waals surface area (Å²) in [7, 11) is -3.36. The molecule has 0 unspecified atom stereocenters. The molecule has 4 nitrogen and oxygen atoms in total. The first-order chi connectivity index (χ1) is 10.6. The maximum Gasteiger partial charge on any atom is 0.244 e. The van der Waals surface area contributed by atoms with E-state index in [4.69, 9.17) is 0 Å². The monoisotopic (exact) mass is 340 g/mol. The normalized spacial score (nSPS) is 22.2. The molecule has 2 aliphatic heterocycles. The Kier molecular flexibility index (Phi) is 5.12. The van der Waals surface area contributed by atoms with Crippen LogP contribution in [0.4, 0.5) is 0 Å². The third kappa shape index (κ3) is 3.20. The molecule has 2 aliphatic rings. The van der Waals surface area contributed by atoms with Crippen LogP contribution in [-0.4, -0.2) is 56.1 Å². The van der Waals surface area contributed by atoms with Crippen LogP contribution < -0.4 is 0 Å². The van der Waals surface area contributed by atoms with E-state index in [-0.39, 0.29) is 0 Å². The topological polar surface area (TPSA) is 40.6 Å². The van der Waals surface area contributed by atoms with Crippen LogP contribution in [0.5, 0.6) is 0 Å². The Bertz CT molecular complexity index is 604. The Morgan fingerprint density at radius 1 is 1.05 bits per heavy atom. The number of hydrogen-bond donors (Lipinski definition) is 0. The van der Waals surface area contributed by atoms with E-state index in [9.17, 15) is 8.42 Å². The molecule has 3 rings (SSSR count). The van der Waals surface area contributed by atoms with Gasteiger partial charge in [-0.15, -0.1) is 11.8 Å². The van der Waals surface area contributed by atoms with Crippen molar-refractivity contribution in [3.05, 3.63) is 24.3 Å². The number of rotatable bonds is 4. The smallest absolute Gasteiger partial charge is 0.244 e. The molecular weight excluding hydrogens is 316 g/mol. The second-order valence-corrected chi connectivity index (χ2v) is 8.78. The summed E-state index contributed by atoms with van der Waals surface area (Å²) in [5.74, 6) is 0. The highest BCUT2D eigenvalue weighted by Gasteiger charge is 2.33. The van der Waals surface area contributed by atoms with Crippen molar-refractivity contribution in [3.63, 3.8) is 0 Å². The number of sulfonamides is 1. The average molecular weight is 341 g/mol. The Morgan fingerprint density at radius 2 is 1.68 bits per heavy atom. The summed E-state index contributed by atoms with van der Waals surface area (Å²) in [6.45, 7) is 3.66. The first kappa shape index (κ1) is 16.3. The lowest BCUT2D eigenvalue weighted by molar-refractivity contribution is 0.167. The highest BCUT2D eigenvalue weighted by atomic mass is 32.2. The van der Waals surface area contributed by atoms with Crippen LogP contribution in [0.25, 0.3) is 0 Å². The summed E-state index contributed by atoms with van der Waals surface area (Å²) in [6.07, 6.45) is 6.43. The fourth-order valence-corrected chi connectivity index (χ4v) is 6.12. The molecule has 2 saturated heterocycles.